The van der Waals surface area contributed by atoms with Gasteiger partial charge in [-0.3, -0.25) is 0 Å². The SMILES string of the molecule is CCc1nc([C@H](C)N)n(-c2ccc(C#N)cn2)n1.Cl. The third-order valence-corrected chi connectivity index (χ3v) is 2.49. The number of nitriles is 1. The van der Waals surface area contributed by atoms with Crippen LogP contribution in [0, 0.1) is 11.3 Å². The predicted molar refractivity (Wildman–Crippen MR) is 73.1 cm³/mol. The van der Waals surface area contributed by atoms with Gasteiger partial charge in [0.2, 0.25) is 0 Å². The second-order valence-electron chi connectivity index (χ2n) is 3.96. The molecule has 0 aliphatic carbocycles. The molecule has 2 heterocycles. The molecule has 1 atom stereocenters. The summed E-state index contributed by atoms with van der Waals surface area (Å²) in [5, 5.41) is 13.1. The largest absolute Gasteiger partial charge is 0.322 e. The van der Waals surface area contributed by atoms with Gasteiger partial charge in [-0.2, -0.15) is 9.94 Å². The summed E-state index contributed by atoms with van der Waals surface area (Å²) in [5.41, 5.74) is 6.38. The molecule has 0 unspecified atom stereocenters. The topological polar surface area (TPSA) is 93.4 Å². The number of nitrogens with zero attached hydrogens (tertiary/aromatic N) is 5. The van der Waals surface area contributed by atoms with Crippen LogP contribution in [0.1, 0.15) is 37.1 Å². The monoisotopic (exact) mass is 278 g/mol. The highest BCUT2D eigenvalue weighted by Crippen LogP contribution is 2.13. The maximum Gasteiger partial charge on any atom is 0.155 e. The number of aromatic nitrogens is 4. The summed E-state index contributed by atoms with van der Waals surface area (Å²) < 4.78 is 1.63. The van der Waals surface area contributed by atoms with Crippen LogP contribution < -0.4 is 5.73 Å². The number of rotatable bonds is 3. The predicted octanol–water partition coefficient (Wildman–Crippen LogP) is 1.54. The summed E-state index contributed by atoms with van der Waals surface area (Å²) in [6, 6.07) is 5.23. The van der Waals surface area contributed by atoms with Gasteiger partial charge in [0.15, 0.2) is 17.5 Å². The summed E-state index contributed by atoms with van der Waals surface area (Å²) in [6.07, 6.45) is 2.25. The van der Waals surface area contributed by atoms with Crippen LogP contribution in [0.4, 0.5) is 0 Å². The van der Waals surface area contributed by atoms with Crippen LogP contribution in [0.25, 0.3) is 5.82 Å². The lowest BCUT2D eigenvalue weighted by Gasteiger charge is -2.06. The highest BCUT2D eigenvalue weighted by molar-refractivity contribution is 5.85. The molecule has 19 heavy (non-hydrogen) atoms. The number of hydrogen-bond donors (Lipinski definition) is 1. The van der Waals surface area contributed by atoms with Crippen molar-refractivity contribution in [2.24, 2.45) is 5.73 Å². The number of pyridine rings is 1. The van der Waals surface area contributed by atoms with E-state index in [0.29, 0.717) is 17.2 Å². The molecule has 0 radical (unpaired) electrons. The van der Waals surface area contributed by atoms with Gasteiger partial charge >= 0.3 is 0 Å². The maximum atomic E-state index is 8.74. The summed E-state index contributed by atoms with van der Waals surface area (Å²) in [5.74, 6) is 2.02. The molecule has 0 aromatic carbocycles. The third kappa shape index (κ3) is 3.08. The molecule has 2 rings (SSSR count). The third-order valence-electron chi connectivity index (χ3n) is 2.49. The normalized spacial score (nSPS) is 11.5. The van der Waals surface area contributed by atoms with Crippen molar-refractivity contribution >= 4 is 12.4 Å². The first-order chi connectivity index (χ1) is 8.65. The van der Waals surface area contributed by atoms with Gasteiger partial charge in [-0.1, -0.05) is 6.92 Å². The van der Waals surface area contributed by atoms with Crippen LogP contribution in [0.5, 0.6) is 0 Å². The minimum atomic E-state index is -0.227. The van der Waals surface area contributed by atoms with Gasteiger partial charge in [-0.05, 0) is 19.1 Å². The van der Waals surface area contributed by atoms with Crippen molar-refractivity contribution in [3.05, 3.63) is 35.5 Å². The molecule has 100 valence electrons. The Kier molecular flexibility index (Phi) is 4.98. The molecule has 0 aliphatic heterocycles. The van der Waals surface area contributed by atoms with Crippen LogP contribution >= 0.6 is 12.4 Å². The first-order valence-corrected chi connectivity index (χ1v) is 5.73. The molecule has 0 spiro atoms. The Bertz CT molecular complexity index is 581. The molecule has 2 aromatic rings. The van der Waals surface area contributed by atoms with Gasteiger partial charge in [0.25, 0.3) is 0 Å². The van der Waals surface area contributed by atoms with E-state index in [4.69, 9.17) is 11.0 Å². The minimum absolute atomic E-state index is 0. The van der Waals surface area contributed by atoms with E-state index in [9.17, 15) is 0 Å². The van der Waals surface area contributed by atoms with Gasteiger partial charge in [-0.25, -0.2) is 9.97 Å². The average molecular weight is 279 g/mol. The van der Waals surface area contributed by atoms with Crippen LogP contribution in [0.15, 0.2) is 18.3 Å². The van der Waals surface area contributed by atoms with Crippen molar-refractivity contribution in [2.75, 3.05) is 0 Å². The Labute approximate surface area is 117 Å². The summed E-state index contributed by atoms with van der Waals surface area (Å²) >= 11 is 0. The molecule has 7 heteroatoms. The standard InChI is InChI=1S/C12H14N6.ClH/c1-3-10-16-12(8(2)14)18(17-10)11-5-4-9(6-13)7-15-11;/h4-5,7-8H,3,14H2,1-2H3;1H/t8-;/m0./s1. The maximum absolute atomic E-state index is 8.74. The van der Waals surface area contributed by atoms with E-state index >= 15 is 0 Å². The zero-order valence-corrected chi connectivity index (χ0v) is 11.6. The molecule has 0 amide bonds. The molecule has 2 N–H and O–H groups in total. The van der Waals surface area contributed by atoms with Gasteiger partial charge < -0.3 is 5.73 Å². The lowest BCUT2D eigenvalue weighted by Crippen LogP contribution is -2.14. The van der Waals surface area contributed by atoms with E-state index in [1.54, 1.807) is 16.8 Å². The number of halogens is 1. The number of hydrogen-bond acceptors (Lipinski definition) is 5. The van der Waals surface area contributed by atoms with Gasteiger partial charge in [-0.15, -0.1) is 17.5 Å². The molecular formula is C12H15ClN6. The van der Waals surface area contributed by atoms with Crippen molar-refractivity contribution in [2.45, 2.75) is 26.3 Å². The highest BCUT2D eigenvalue weighted by atomic mass is 35.5. The quantitative estimate of drug-likeness (QED) is 0.919. The second-order valence-corrected chi connectivity index (χ2v) is 3.96. The zero-order chi connectivity index (χ0) is 13.1. The Morgan fingerprint density at radius 1 is 1.47 bits per heavy atom. The molecule has 0 fully saturated rings. The van der Waals surface area contributed by atoms with E-state index < -0.39 is 0 Å². The Hall–Kier alpha value is -1.97. The average Bonchev–Trinajstić information content (AvgIpc) is 2.83. The first-order valence-electron chi connectivity index (χ1n) is 5.73. The Morgan fingerprint density at radius 2 is 2.21 bits per heavy atom. The lowest BCUT2D eigenvalue weighted by molar-refractivity contribution is 0.680. The zero-order valence-electron chi connectivity index (χ0n) is 10.7. The fourth-order valence-corrected chi connectivity index (χ4v) is 1.56. The van der Waals surface area contributed by atoms with Crippen LogP contribution in [0.2, 0.25) is 0 Å². The molecule has 0 saturated carbocycles. The molecule has 2 aromatic heterocycles. The fraction of sp³-hybridized carbons (Fsp3) is 0.333. The summed E-state index contributed by atoms with van der Waals surface area (Å²) in [6.45, 7) is 3.83. The van der Waals surface area contributed by atoms with E-state index in [0.717, 1.165) is 12.2 Å². The Balaban J connectivity index is 0.00000180. The van der Waals surface area contributed by atoms with Crippen LogP contribution in [0.3, 0.4) is 0 Å². The number of aryl methyl sites for hydroxylation is 1. The minimum Gasteiger partial charge on any atom is -0.322 e. The molecule has 0 bridgehead atoms. The lowest BCUT2D eigenvalue weighted by atomic mass is 10.3. The van der Waals surface area contributed by atoms with Crippen molar-refractivity contribution in [1.82, 2.24) is 19.7 Å². The fourth-order valence-electron chi connectivity index (χ4n) is 1.56. The Morgan fingerprint density at radius 3 is 2.68 bits per heavy atom. The van der Waals surface area contributed by atoms with Crippen molar-refractivity contribution in [3.8, 4) is 11.9 Å². The van der Waals surface area contributed by atoms with Gasteiger partial charge in [0.1, 0.15) is 6.07 Å². The second kappa shape index (κ2) is 6.27. The van der Waals surface area contributed by atoms with Crippen LogP contribution in [-0.4, -0.2) is 19.7 Å². The smallest absolute Gasteiger partial charge is 0.155 e. The van der Waals surface area contributed by atoms with E-state index in [1.807, 2.05) is 19.9 Å². The van der Waals surface area contributed by atoms with Crippen molar-refractivity contribution in [3.63, 3.8) is 0 Å². The first kappa shape index (κ1) is 15.1. The van der Waals surface area contributed by atoms with E-state index in [1.165, 1.54) is 6.20 Å². The van der Waals surface area contributed by atoms with Crippen molar-refractivity contribution < 1.29 is 0 Å². The molecule has 6 nitrogen and oxygen atoms in total. The highest BCUT2D eigenvalue weighted by Gasteiger charge is 2.14. The molecule has 0 aliphatic rings. The number of nitrogens with two attached hydrogens (primary N) is 1. The van der Waals surface area contributed by atoms with Crippen LogP contribution in [-0.2, 0) is 6.42 Å². The van der Waals surface area contributed by atoms with E-state index in [2.05, 4.69) is 15.1 Å². The summed E-state index contributed by atoms with van der Waals surface area (Å²) in [7, 11) is 0. The molecule has 0 saturated heterocycles. The van der Waals surface area contributed by atoms with E-state index in [-0.39, 0.29) is 18.4 Å². The van der Waals surface area contributed by atoms with Gasteiger partial charge in [0.05, 0.1) is 11.6 Å². The van der Waals surface area contributed by atoms with Crippen molar-refractivity contribution in [1.29, 1.82) is 5.26 Å². The summed E-state index contributed by atoms with van der Waals surface area (Å²) in [4.78, 5) is 8.56. The van der Waals surface area contributed by atoms with Gasteiger partial charge in [0, 0.05) is 12.6 Å². The molecular weight excluding hydrogens is 264 g/mol.